The van der Waals surface area contributed by atoms with Gasteiger partial charge in [-0.25, -0.2) is 0 Å². The zero-order chi connectivity index (χ0) is 18.2. The fourth-order valence-corrected chi connectivity index (χ4v) is 2.62. The molecule has 2 aromatic carbocycles. The number of benzene rings is 2. The van der Waals surface area contributed by atoms with E-state index in [4.69, 9.17) is 4.74 Å². The van der Waals surface area contributed by atoms with E-state index in [0.717, 1.165) is 23.3 Å². The molecule has 0 aliphatic carbocycles. The average molecular weight is 339 g/mol. The summed E-state index contributed by atoms with van der Waals surface area (Å²) in [7, 11) is 3.42. The first-order valence-electron chi connectivity index (χ1n) is 8.47. The molecule has 0 atom stereocenters. The van der Waals surface area contributed by atoms with Crippen LogP contribution < -0.4 is 4.74 Å². The number of ether oxygens (including phenoxy) is 1. The van der Waals surface area contributed by atoms with E-state index < -0.39 is 0 Å². The predicted molar refractivity (Wildman–Crippen MR) is 99.1 cm³/mol. The van der Waals surface area contributed by atoms with Gasteiger partial charge in [-0.3, -0.25) is 9.59 Å². The number of ketones is 1. The second-order valence-corrected chi connectivity index (χ2v) is 6.17. The Morgan fingerprint density at radius 1 is 1.00 bits per heavy atom. The molecule has 1 amide bonds. The molecule has 4 nitrogen and oxygen atoms in total. The van der Waals surface area contributed by atoms with Gasteiger partial charge in [0.2, 0.25) is 5.91 Å². The molecule has 0 aromatic heterocycles. The molecule has 0 aliphatic heterocycles. The van der Waals surface area contributed by atoms with Gasteiger partial charge in [-0.15, -0.1) is 0 Å². The van der Waals surface area contributed by atoms with Crippen molar-refractivity contribution >= 4 is 11.7 Å². The Bertz CT molecular complexity index is 722. The second-order valence-electron chi connectivity index (χ2n) is 6.17. The van der Waals surface area contributed by atoms with Gasteiger partial charge < -0.3 is 9.64 Å². The summed E-state index contributed by atoms with van der Waals surface area (Å²) in [5, 5.41) is 0. The van der Waals surface area contributed by atoms with E-state index in [9.17, 15) is 9.59 Å². The molecule has 0 fully saturated rings. The van der Waals surface area contributed by atoms with Gasteiger partial charge in [0.25, 0.3) is 0 Å². The van der Waals surface area contributed by atoms with Gasteiger partial charge in [0, 0.05) is 32.0 Å². The van der Waals surface area contributed by atoms with E-state index in [2.05, 4.69) is 0 Å². The maximum absolute atomic E-state index is 12.3. The van der Waals surface area contributed by atoms with Crippen LogP contribution in [0.15, 0.2) is 48.5 Å². The summed E-state index contributed by atoms with van der Waals surface area (Å²) >= 11 is 0. The van der Waals surface area contributed by atoms with Crippen LogP contribution >= 0.6 is 0 Å². The standard InChI is InChI=1S/C21H25NO3/c1-16-8-10-17(11-9-16)19(23)12-13-21(24)22(2)15-14-18-6-4-5-7-20(18)25-3/h4-11H,12-15H2,1-3H3. The molecule has 0 heterocycles. The van der Waals surface area contributed by atoms with Crippen molar-refractivity contribution in [1.82, 2.24) is 4.90 Å². The first kappa shape index (κ1) is 18.7. The van der Waals surface area contributed by atoms with E-state index in [1.54, 1.807) is 19.1 Å². The van der Waals surface area contributed by atoms with Gasteiger partial charge in [0.1, 0.15) is 5.75 Å². The largest absolute Gasteiger partial charge is 0.496 e. The van der Waals surface area contributed by atoms with Gasteiger partial charge in [-0.1, -0.05) is 48.0 Å². The Kier molecular flexibility index (Phi) is 6.75. The molecule has 0 spiro atoms. The Hall–Kier alpha value is -2.62. The molecule has 0 N–H and O–H groups in total. The minimum absolute atomic E-state index is 0.00600. The molecule has 132 valence electrons. The van der Waals surface area contributed by atoms with E-state index in [1.165, 1.54) is 0 Å². The van der Waals surface area contributed by atoms with Gasteiger partial charge in [0.05, 0.1) is 7.11 Å². The zero-order valence-corrected chi connectivity index (χ0v) is 15.1. The number of likely N-dealkylation sites (N-methyl/N-ethyl adjacent to an activating group) is 1. The summed E-state index contributed by atoms with van der Waals surface area (Å²) in [5.74, 6) is 0.819. The molecular formula is C21H25NO3. The first-order valence-corrected chi connectivity index (χ1v) is 8.47. The number of hydrogen-bond acceptors (Lipinski definition) is 3. The Morgan fingerprint density at radius 2 is 1.68 bits per heavy atom. The lowest BCUT2D eigenvalue weighted by Crippen LogP contribution is -2.29. The molecule has 25 heavy (non-hydrogen) atoms. The van der Waals surface area contributed by atoms with Crippen LogP contribution in [0.4, 0.5) is 0 Å². The van der Waals surface area contributed by atoms with E-state index in [0.29, 0.717) is 12.1 Å². The van der Waals surface area contributed by atoms with E-state index in [1.807, 2.05) is 55.5 Å². The van der Waals surface area contributed by atoms with Crippen molar-refractivity contribution in [2.75, 3.05) is 20.7 Å². The number of hydrogen-bond donors (Lipinski definition) is 0. The minimum atomic E-state index is -0.0182. The monoisotopic (exact) mass is 339 g/mol. The molecule has 0 bridgehead atoms. The van der Waals surface area contributed by atoms with Crippen LogP contribution in [0, 0.1) is 6.92 Å². The summed E-state index contributed by atoms with van der Waals surface area (Å²) in [6.45, 7) is 2.58. The highest BCUT2D eigenvalue weighted by atomic mass is 16.5. The van der Waals surface area contributed by atoms with Gasteiger partial charge in [0.15, 0.2) is 5.78 Å². The molecule has 0 radical (unpaired) electrons. The van der Waals surface area contributed by atoms with Gasteiger partial charge in [-0.05, 0) is 25.0 Å². The lowest BCUT2D eigenvalue weighted by molar-refractivity contribution is -0.129. The van der Waals surface area contributed by atoms with Crippen molar-refractivity contribution in [2.45, 2.75) is 26.2 Å². The molecule has 0 saturated carbocycles. The quantitative estimate of drug-likeness (QED) is 0.690. The summed E-state index contributed by atoms with van der Waals surface area (Å²) in [5.41, 5.74) is 2.85. The Balaban J connectivity index is 1.82. The molecule has 0 aliphatic rings. The van der Waals surface area contributed by atoms with Crippen LogP contribution in [0.25, 0.3) is 0 Å². The Morgan fingerprint density at radius 3 is 2.36 bits per heavy atom. The third kappa shape index (κ3) is 5.45. The number of amides is 1. The highest BCUT2D eigenvalue weighted by molar-refractivity contribution is 5.97. The van der Waals surface area contributed by atoms with Crippen LogP contribution in [0.2, 0.25) is 0 Å². The number of carbonyl (C=O) groups excluding carboxylic acids is 2. The van der Waals surface area contributed by atoms with Crippen LogP contribution in [-0.2, 0) is 11.2 Å². The van der Waals surface area contributed by atoms with Crippen molar-refractivity contribution in [1.29, 1.82) is 0 Å². The first-order chi connectivity index (χ1) is 12.0. The predicted octanol–water partition coefficient (Wildman–Crippen LogP) is 3.67. The molecule has 0 unspecified atom stereocenters. The lowest BCUT2D eigenvalue weighted by Gasteiger charge is -2.18. The fourth-order valence-electron chi connectivity index (χ4n) is 2.62. The summed E-state index contributed by atoms with van der Waals surface area (Å²) in [6.07, 6.45) is 1.19. The van der Waals surface area contributed by atoms with Gasteiger partial charge >= 0.3 is 0 Å². The van der Waals surface area contributed by atoms with Crippen LogP contribution in [0.1, 0.15) is 34.3 Å². The molecule has 2 rings (SSSR count). The lowest BCUT2D eigenvalue weighted by atomic mass is 10.0. The molecule has 0 saturated heterocycles. The third-order valence-corrected chi connectivity index (χ3v) is 4.27. The van der Waals surface area contributed by atoms with Crippen molar-refractivity contribution in [3.8, 4) is 5.75 Å². The number of para-hydroxylation sites is 1. The molecular weight excluding hydrogens is 314 g/mol. The number of rotatable bonds is 8. The number of Topliss-reactive ketones (excluding diaryl/α,β-unsaturated/α-hetero) is 1. The van der Waals surface area contributed by atoms with E-state index >= 15 is 0 Å². The van der Waals surface area contributed by atoms with E-state index in [-0.39, 0.29) is 24.5 Å². The van der Waals surface area contributed by atoms with Crippen LogP contribution in [-0.4, -0.2) is 37.3 Å². The summed E-state index contributed by atoms with van der Waals surface area (Å²) < 4.78 is 5.33. The van der Waals surface area contributed by atoms with Crippen molar-refractivity contribution in [2.24, 2.45) is 0 Å². The maximum Gasteiger partial charge on any atom is 0.222 e. The summed E-state index contributed by atoms with van der Waals surface area (Å²) in [4.78, 5) is 26.1. The highest BCUT2D eigenvalue weighted by Gasteiger charge is 2.13. The summed E-state index contributed by atoms with van der Waals surface area (Å²) in [6, 6.07) is 15.2. The number of nitrogens with zero attached hydrogens (tertiary/aromatic N) is 1. The van der Waals surface area contributed by atoms with Crippen molar-refractivity contribution < 1.29 is 14.3 Å². The SMILES string of the molecule is COc1ccccc1CCN(C)C(=O)CCC(=O)c1ccc(C)cc1. The maximum atomic E-state index is 12.3. The number of methoxy groups -OCH3 is 1. The molecule has 2 aromatic rings. The number of aryl methyl sites for hydroxylation is 1. The molecule has 4 heteroatoms. The normalized spacial score (nSPS) is 10.4. The van der Waals surface area contributed by atoms with Crippen LogP contribution in [0.3, 0.4) is 0 Å². The average Bonchev–Trinajstić information content (AvgIpc) is 2.64. The smallest absolute Gasteiger partial charge is 0.222 e. The minimum Gasteiger partial charge on any atom is -0.496 e. The van der Waals surface area contributed by atoms with Gasteiger partial charge in [-0.2, -0.15) is 0 Å². The van der Waals surface area contributed by atoms with Crippen LogP contribution in [0.5, 0.6) is 5.75 Å². The third-order valence-electron chi connectivity index (χ3n) is 4.27. The highest BCUT2D eigenvalue weighted by Crippen LogP contribution is 2.18. The topological polar surface area (TPSA) is 46.6 Å². The zero-order valence-electron chi connectivity index (χ0n) is 15.1. The van der Waals surface area contributed by atoms with Crippen molar-refractivity contribution in [3.63, 3.8) is 0 Å². The number of carbonyl (C=O) groups is 2. The fraction of sp³-hybridized carbons (Fsp3) is 0.333. The second kappa shape index (κ2) is 9.02. The van der Waals surface area contributed by atoms with Crippen molar-refractivity contribution in [3.05, 3.63) is 65.2 Å². The Labute approximate surface area is 149 Å².